The SMILES string of the molecule is COC(=O)/C(C#N)=C\c1cccc(O)c1. The van der Waals surface area contributed by atoms with E-state index in [-0.39, 0.29) is 11.3 Å². The van der Waals surface area contributed by atoms with Crippen LogP contribution in [0.5, 0.6) is 5.75 Å². The van der Waals surface area contributed by atoms with Crippen molar-refractivity contribution in [3.63, 3.8) is 0 Å². The van der Waals surface area contributed by atoms with Gasteiger partial charge in [0, 0.05) is 0 Å². The van der Waals surface area contributed by atoms with Crippen molar-refractivity contribution in [3.8, 4) is 11.8 Å². The summed E-state index contributed by atoms with van der Waals surface area (Å²) in [5.74, 6) is -0.619. The molecule has 76 valence electrons. The average Bonchev–Trinajstić information content (AvgIpc) is 2.25. The third kappa shape index (κ3) is 2.85. The minimum Gasteiger partial charge on any atom is -0.508 e. The summed E-state index contributed by atoms with van der Waals surface area (Å²) in [7, 11) is 1.20. The molecule has 0 fully saturated rings. The van der Waals surface area contributed by atoms with Crippen molar-refractivity contribution < 1.29 is 14.6 Å². The molecule has 15 heavy (non-hydrogen) atoms. The molecule has 4 heteroatoms. The lowest BCUT2D eigenvalue weighted by Gasteiger charge is -1.97. The highest BCUT2D eigenvalue weighted by Crippen LogP contribution is 2.14. The van der Waals surface area contributed by atoms with Gasteiger partial charge in [-0.3, -0.25) is 0 Å². The Morgan fingerprint density at radius 1 is 1.60 bits per heavy atom. The monoisotopic (exact) mass is 203 g/mol. The molecule has 0 aliphatic rings. The van der Waals surface area contributed by atoms with Gasteiger partial charge < -0.3 is 9.84 Å². The molecule has 4 nitrogen and oxygen atoms in total. The first kappa shape index (κ1) is 10.8. The smallest absolute Gasteiger partial charge is 0.348 e. The summed E-state index contributed by atoms with van der Waals surface area (Å²) in [5, 5.41) is 17.8. The van der Waals surface area contributed by atoms with Crippen LogP contribution in [0.2, 0.25) is 0 Å². The first-order valence-electron chi connectivity index (χ1n) is 4.16. The number of nitrogens with zero attached hydrogens (tertiary/aromatic N) is 1. The molecule has 0 unspecified atom stereocenters. The van der Waals surface area contributed by atoms with Crippen molar-refractivity contribution in [2.45, 2.75) is 0 Å². The number of carbonyl (C=O) groups is 1. The Labute approximate surface area is 87.0 Å². The van der Waals surface area contributed by atoms with E-state index in [2.05, 4.69) is 4.74 Å². The van der Waals surface area contributed by atoms with E-state index in [0.717, 1.165) is 0 Å². The second kappa shape index (κ2) is 4.82. The largest absolute Gasteiger partial charge is 0.508 e. The Balaban J connectivity index is 3.05. The molecule has 0 spiro atoms. The molecule has 1 N–H and O–H groups in total. The van der Waals surface area contributed by atoms with Crippen LogP contribution in [0.15, 0.2) is 29.8 Å². The van der Waals surface area contributed by atoms with Crippen LogP contribution in [0, 0.1) is 11.3 Å². The molecule has 0 saturated carbocycles. The van der Waals surface area contributed by atoms with Gasteiger partial charge in [-0.05, 0) is 23.8 Å². The normalized spacial score (nSPS) is 10.5. The minimum absolute atomic E-state index is 0.0749. The van der Waals surface area contributed by atoms with Gasteiger partial charge in [0.1, 0.15) is 17.4 Å². The summed E-state index contributed by atoms with van der Waals surface area (Å²) in [5.41, 5.74) is 0.458. The topological polar surface area (TPSA) is 70.3 Å². The first-order valence-corrected chi connectivity index (χ1v) is 4.16. The number of aromatic hydroxyl groups is 1. The van der Waals surface area contributed by atoms with Gasteiger partial charge >= 0.3 is 5.97 Å². The number of rotatable bonds is 2. The summed E-state index contributed by atoms with van der Waals surface area (Å²) < 4.78 is 4.41. The molecular weight excluding hydrogens is 194 g/mol. The third-order valence-electron chi connectivity index (χ3n) is 1.71. The number of hydrogen-bond acceptors (Lipinski definition) is 4. The number of methoxy groups -OCH3 is 1. The minimum atomic E-state index is -0.694. The van der Waals surface area contributed by atoms with Gasteiger partial charge in [-0.2, -0.15) is 5.26 Å². The lowest BCUT2D eigenvalue weighted by atomic mass is 10.1. The number of nitriles is 1. The molecule has 0 heterocycles. The summed E-state index contributed by atoms with van der Waals surface area (Å²) in [6.45, 7) is 0. The van der Waals surface area contributed by atoms with Gasteiger partial charge in [0.2, 0.25) is 0 Å². The molecule has 1 rings (SSSR count). The Hall–Kier alpha value is -2.28. The summed E-state index contributed by atoms with van der Waals surface area (Å²) in [4.78, 5) is 11.1. The highest BCUT2D eigenvalue weighted by Gasteiger charge is 2.08. The Bertz CT molecular complexity index is 443. The summed E-state index contributed by atoms with van der Waals surface area (Å²) >= 11 is 0. The standard InChI is InChI=1S/C11H9NO3/c1-15-11(14)9(7-12)5-8-3-2-4-10(13)6-8/h2-6,13H,1H3/b9-5-. The lowest BCUT2D eigenvalue weighted by Crippen LogP contribution is -2.02. The highest BCUT2D eigenvalue weighted by atomic mass is 16.5. The van der Waals surface area contributed by atoms with Gasteiger partial charge in [-0.1, -0.05) is 12.1 Å². The molecule has 0 aliphatic carbocycles. The van der Waals surface area contributed by atoms with E-state index in [1.807, 2.05) is 0 Å². The predicted octanol–water partition coefficient (Wildman–Crippen LogP) is 1.47. The van der Waals surface area contributed by atoms with Crippen LogP contribution in [-0.2, 0) is 9.53 Å². The summed E-state index contributed by atoms with van der Waals surface area (Å²) in [6, 6.07) is 7.96. The molecule has 1 aromatic rings. The zero-order chi connectivity index (χ0) is 11.3. The number of benzene rings is 1. The second-order valence-electron chi connectivity index (χ2n) is 2.76. The number of phenolic OH excluding ortho intramolecular Hbond substituents is 1. The zero-order valence-electron chi connectivity index (χ0n) is 8.10. The van der Waals surface area contributed by atoms with E-state index in [1.54, 1.807) is 18.2 Å². The maximum Gasteiger partial charge on any atom is 0.348 e. The number of esters is 1. The maximum atomic E-state index is 11.1. The van der Waals surface area contributed by atoms with Crippen molar-refractivity contribution in [3.05, 3.63) is 35.4 Å². The molecule has 0 aliphatic heterocycles. The molecule has 0 atom stereocenters. The van der Waals surface area contributed by atoms with E-state index in [0.29, 0.717) is 5.56 Å². The van der Waals surface area contributed by atoms with E-state index < -0.39 is 5.97 Å². The first-order chi connectivity index (χ1) is 7.17. The van der Waals surface area contributed by atoms with Crippen LogP contribution in [0.1, 0.15) is 5.56 Å². The van der Waals surface area contributed by atoms with Crippen LogP contribution in [0.25, 0.3) is 6.08 Å². The second-order valence-corrected chi connectivity index (χ2v) is 2.76. The number of phenols is 1. The van der Waals surface area contributed by atoms with Crippen molar-refractivity contribution in [2.24, 2.45) is 0 Å². The van der Waals surface area contributed by atoms with E-state index in [1.165, 1.54) is 25.3 Å². The van der Waals surface area contributed by atoms with Crippen molar-refractivity contribution >= 4 is 12.0 Å². The predicted molar refractivity (Wildman–Crippen MR) is 53.7 cm³/mol. The molecule has 0 radical (unpaired) electrons. The van der Waals surface area contributed by atoms with Crippen LogP contribution in [-0.4, -0.2) is 18.2 Å². The van der Waals surface area contributed by atoms with E-state index in [9.17, 15) is 4.79 Å². The molecular formula is C11H9NO3. The van der Waals surface area contributed by atoms with Gasteiger partial charge in [0.05, 0.1) is 7.11 Å². The van der Waals surface area contributed by atoms with Crippen molar-refractivity contribution in [2.75, 3.05) is 7.11 Å². The van der Waals surface area contributed by atoms with Crippen LogP contribution in [0.3, 0.4) is 0 Å². The lowest BCUT2D eigenvalue weighted by molar-refractivity contribution is -0.135. The number of ether oxygens (including phenoxy) is 1. The Morgan fingerprint density at radius 3 is 2.87 bits per heavy atom. The Kier molecular flexibility index (Phi) is 3.47. The van der Waals surface area contributed by atoms with Crippen molar-refractivity contribution in [1.29, 1.82) is 5.26 Å². The number of hydrogen-bond donors (Lipinski definition) is 1. The highest BCUT2D eigenvalue weighted by molar-refractivity contribution is 5.97. The van der Waals surface area contributed by atoms with Crippen LogP contribution in [0.4, 0.5) is 0 Å². The van der Waals surface area contributed by atoms with E-state index in [4.69, 9.17) is 10.4 Å². The molecule has 0 aromatic heterocycles. The fraction of sp³-hybridized carbons (Fsp3) is 0.0909. The Morgan fingerprint density at radius 2 is 2.33 bits per heavy atom. The number of carbonyl (C=O) groups excluding carboxylic acids is 1. The quantitative estimate of drug-likeness (QED) is 0.449. The van der Waals surface area contributed by atoms with E-state index >= 15 is 0 Å². The molecule has 1 aromatic carbocycles. The van der Waals surface area contributed by atoms with Gasteiger partial charge in [-0.15, -0.1) is 0 Å². The summed E-state index contributed by atoms with van der Waals surface area (Å²) in [6.07, 6.45) is 1.35. The van der Waals surface area contributed by atoms with Gasteiger partial charge in [-0.25, -0.2) is 4.79 Å². The molecule has 0 bridgehead atoms. The van der Waals surface area contributed by atoms with Gasteiger partial charge in [0.25, 0.3) is 0 Å². The van der Waals surface area contributed by atoms with Gasteiger partial charge in [0.15, 0.2) is 0 Å². The molecule has 0 saturated heterocycles. The molecule has 0 amide bonds. The van der Waals surface area contributed by atoms with Crippen LogP contribution >= 0.6 is 0 Å². The zero-order valence-corrected chi connectivity index (χ0v) is 8.10. The fourth-order valence-electron chi connectivity index (χ4n) is 1.03. The van der Waals surface area contributed by atoms with Crippen LogP contribution < -0.4 is 0 Å². The third-order valence-corrected chi connectivity index (χ3v) is 1.71. The van der Waals surface area contributed by atoms with Crippen molar-refractivity contribution in [1.82, 2.24) is 0 Å². The average molecular weight is 203 g/mol. The fourth-order valence-corrected chi connectivity index (χ4v) is 1.03. The maximum absolute atomic E-state index is 11.1.